The number of hydrazine groups is 1. The predicted molar refractivity (Wildman–Crippen MR) is 72.3 cm³/mol. The third-order valence-corrected chi connectivity index (χ3v) is 3.11. The van der Waals surface area contributed by atoms with Crippen molar-refractivity contribution < 1.29 is 9.47 Å². The zero-order valence-electron chi connectivity index (χ0n) is 11.5. The van der Waals surface area contributed by atoms with E-state index in [0.717, 1.165) is 58.2 Å². The maximum Gasteiger partial charge on any atom is 0.208 e. The molecule has 0 amide bonds. The van der Waals surface area contributed by atoms with E-state index in [-0.39, 0.29) is 0 Å². The first kappa shape index (κ1) is 15.2. The smallest absolute Gasteiger partial charge is 0.208 e. The van der Waals surface area contributed by atoms with Crippen LogP contribution in [0.2, 0.25) is 0 Å². The first-order valence-corrected chi connectivity index (χ1v) is 6.69. The number of hydrogen-bond acceptors (Lipinski definition) is 4. The minimum Gasteiger partial charge on any atom is -0.382 e. The number of nitrogens with zero attached hydrogens (tertiary/aromatic N) is 2. The molecule has 0 bridgehead atoms. The van der Waals surface area contributed by atoms with Crippen LogP contribution in [0, 0.1) is 0 Å². The minimum atomic E-state index is 0.459. The largest absolute Gasteiger partial charge is 0.382 e. The molecule has 3 N–H and O–H groups in total. The number of guanidine groups is 1. The van der Waals surface area contributed by atoms with E-state index in [9.17, 15) is 0 Å². The van der Waals surface area contributed by atoms with E-state index in [2.05, 4.69) is 15.3 Å². The Morgan fingerprint density at radius 3 is 2.83 bits per heavy atom. The number of ether oxygens (including phenoxy) is 2. The Labute approximate surface area is 109 Å². The molecule has 6 heteroatoms. The Balaban J connectivity index is 2.35. The molecule has 0 atom stereocenters. The van der Waals surface area contributed by atoms with Gasteiger partial charge in [-0.2, -0.15) is 0 Å². The predicted octanol–water partition coefficient (Wildman–Crippen LogP) is 0.343. The topological polar surface area (TPSA) is 72.1 Å². The van der Waals surface area contributed by atoms with Crippen molar-refractivity contribution in [3.8, 4) is 0 Å². The van der Waals surface area contributed by atoms with Gasteiger partial charge in [0.1, 0.15) is 0 Å². The average Bonchev–Trinajstić information content (AvgIpc) is 2.43. The summed E-state index contributed by atoms with van der Waals surface area (Å²) in [5.74, 6) is 6.28. The van der Waals surface area contributed by atoms with E-state index in [4.69, 9.17) is 15.3 Å². The van der Waals surface area contributed by atoms with Crippen molar-refractivity contribution in [3.63, 3.8) is 0 Å². The molecule has 106 valence electrons. The first-order chi connectivity index (χ1) is 8.79. The highest BCUT2D eigenvalue weighted by Crippen LogP contribution is 2.12. The second kappa shape index (κ2) is 9.13. The highest BCUT2D eigenvalue weighted by atomic mass is 16.5. The van der Waals surface area contributed by atoms with Gasteiger partial charge in [-0.3, -0.25) is 10.4 Å². The van der Waals surface area contributed by atoms with Crippen LogP contribution in [0.15, 0.2) is 4.99 Å². The zero-order valence-corrected chi connectivity index (χ0v) is 11.5. The lowest BCUT2D eigenvalue weighted by Gasteiger charge is -2.33. The van der Waals surface area contributed by atoms with Gasteiger partial charge in [-0.05, 0) is 26.2 Å². The number of nitrogens with one attached hydrogen (secondary N) is 1. The summed E-state index contributed by atoms with van der Waals surface area (Å²) in [6.07, 6.45) is 2.97. The molecule has 1 rings (SSSR count). The molecule has 1 heterocycles. The Hall–Kier alpha value is -0.850. The maximum atomic E-state index is 5.54. The summed E-state index contributed by atoms with van der Waals surface area (Å²) in [4.78, 5) is 6.59. The highest BCUT2D eigenvalue weighted by molar-refractivity contribution is 5.79. The Kier molecular flexibility index (Phi) is 7.71. The molecule has 0 radical (unpaired) electrons. The summed E-state index contributed by atoms with van der Waals surface area (Å²) in [6, 6.07) is 0.459. The molecule has 1 aliphatic heterocycles. The van der Waals surface area contributed by atoms with Crippen LogP contribution in [-0.2, 0) is 9.47 Å². The van der Waals surface area contributed by atoms with Gasteiger partial charge in [0.15, 0.2) is 0 Å². The minimum absolute atomic E-state index is 0.459. The molecular formula is C12H26N4O2. The molecule has 0 saturated carbocycles. The molecule has 1 saturated heterocycles. The van der Waals surface area contributed by atoms with Crippen LogP contribution in [-0.4, -0.2) is 56.9 Å². The van der Waals surface area contributed by atoms with E-state index in [1.807, 2.05) is 14.0 Å². The first-order valence-electron chi connectivity index (χ1n) is 6.69. The van der Waals surface area contributed by atoms with Crippen LogP contribution < -0.4 is 11.3 Å². The Bertz CT molecular complexity index is 242. The molecule has 0 aromatic rings. The van der Waals surface area contributed by atoms with Crippen molar-refractivity contribution in [1.29, 1.82) is 0 Å². The summed E-state index contributed by atoms with van der Waals surface area (Å²) in [6.45, 7) is 5.86. The summed E-state index contributed by atoms with van der Waals surface area (Å²) in [5.41, 5.74) is 2.68. The molecule has 0 aromatic heterocycles. The molecular weight excluding hydrogens is 232 g/mol. The van der Waals surface area contributed by atoms with Gasteiger partial charge in [-0.1, -0.05) is 0 Å². The van der Waals surface area contributed by atoms with Crippen molar-refractivity contribution in [3.05, 3.63) is 0 Å². The molecule has 18 heavy (non-hydrogen) atoms. The third-order valence-electron chi connectivity index (χ3n) is 3.11. The van der Waals surface area contributed by atoms with Gasteiger partial charge in [0.25, 0.3) is 0 Å². The number of rotatable bonds is 6. The van der Waals surface area contributed by atoms with E-state index in [0.29, 0.717) is 6.04 Å². The molecule has 0 unspecified atom stereocenters. The maximum absolute atomic E-state index is 5.54. The molecule has 0 spiro atoms. The molecule has 0 aromatic carbocycles. The summed E-state index contributed by atoms with van der Waals surface area (Å²) in [7, 11) is 2.03. The van der Waals surface area contributed by atoms with Gasteiger partial charge in [0, 0.05) is 46.1 Å². The average molecular weight is 258 g/mol. The van der Waals surface area contributed by atoms with Gasteiger partial charge in [-0.25, -0.2) is 5.84 Å². The van der Waals surface area contributed by atoms with Crippen LogP contribution in [0.3, 0.4) is 0 Å². The van der Waals surface area contributed by atoms with Gasteiger partial charge < -0.3 is 14.4 Å². The molecule has 0 aliphatic carbocycles. The lowest BCUT2D eigenvalue weighted by molar-refractivity contribution is 0.0597. The standard InChI is InChI=1S/C12H26N4O2/c1-3-17-8-4-7-14-12(15-13)16(2)11-5-9-18-10-6-11/h11H,3-10,13H2,1-2H3,(H,14,15). The SMILES string of the molecule is CCOCCCN=C(NN)N(C)C1CCOCC1. The van der Waals surface area contributed by atoms with Gasteiger partial charge in [0.2, 0.25) is 5.96 Å². The zero-order chi connectivity index (χ0) is 13.2. The second-order valence-electron chi connectivity index (χ2n) is 4.35. The molecule has 6 nitrogen and oxygen atoms in total. The number of hydrogen-bond donors (Lipinski definition) is 2. The second-order valence-corrected chi connectivity index (χ2v) is 4.35. The fraction of sp³-hybridized carbons (Fsp3) is 0.917. The van der Waals surface area contributed by atoms with Crippen molar-refractivity contribution >= 4 is 5.96 Å². The Morgan fingerprint density at radius 1 is 1.50 bits per heavy atom. The van der Waals surface area contributed by atoms with Crippen LogP contribution in [0.4, 0.5) is 0 Å². The van der Waals surface area contributed by atoms with Gasteiger partial charge >= 0.3 is 0 Å². The summed E-state index contributed by atoms with van der Waals surface area (Å²) in [5, 5.41) is 0. The van der Waals surface area contributed by atoms with Crippen molar-refractivity contribution in [2.45, 2.75) is 32.2 Å². The van der Waals surface area contributed by atoms with E-state index < -0.39 is 0 Å². The number of nitrogens with two attached hydrogens (primary N) is 1. The quantitative estimate of drug-likeness (QED) is 0.236. The van der Waals surface area contributed by atoms with E-state index in [1.165, 1.54) is 0 Å². The Morgan fingerprint density at radius 2 is 2.22 bits per heavy atom. The number of aliphatic imine (C=N–C) groups is 1. The fourth-order valence-corrected chi connectivity index (χ4v) is 2.00. The van der Waals surface area contributed by atoms with Crippen LogP contribution in [0.1, 0.15) is 26.2 Å². The lowest BCUT2D eigenvalue weighted by atomic mass is 10.1. The monoisotopic (exact) mass is 258 g/mol. The highest BCUT2D eigenvalue weighted by Gasteiger charge is 2.20. The van der Waals surface area contributed by atoms with Crippen LogP contribution >= 0.6 is 0 Å². The van der Waals surface area contributed by atoms with Gasteiger partial charge in [0.05, 0.1) is 0 Å². The lowest BCUT2D eigenvalue weighted by Crippen LogP contribution is -2.49. The third kappa shape index (κ3) is 5.20. The van der Waals surface area contributed by atoms with Crippen LogP contribution in [0.25, 0.3) is 0 Å². The molecule has 1 fully saturated rings. The normalized spacial score (nSPS) is 17.8. The summed E-state index contributed by atoms with van der Waals surface area (Å²) >= 11 is 0. The van der Waals surface area contributed by atoms with Crippen LogP contribution in [0.5, 0.6) is 0 Å². The summed E-state index contributed by atoms with van der Waals surface area (Å²) < 4.78 is 10.6. The van der Waals surface area contributed by atoms with Crippen molar-refractivity contribution in [2.24, 2.45) is 10.8 Å². The van der Waals surface area contributed by atoms with Crippen molar-refractivity contribution in [1.82, 2.24) is 10.3 Å². The van der Waals surface area contributed by atoms with Gasteiger partial charge in [-0.15, -0.1) is 0 Å². The fourth-order valence-electron chi connectivity index (χ4n) is 2.00. The molecule has 1 aliphatic rings. The van der Waals surface area contributed by atoms with E-state index in [1.54, 1.807) is 0 Å². The van der Waals surface area contributed by atoms with E-state index >= 15 is 0 Å². The van der Waals surface area contributed by atoms with Crippen molar-refractivity contribution in [2.75, 3.05) is 40.0 Å².